The lowest BCUT2D eigenvalue weighted by molar-refractivity contribution is 0.0686. The molecular formula is C15H16N2O3. The minimum Gasteiger partial charge on any atom is -0.476 e. The third-order valence-electron chi connectivity index (χ3n) is 3.16. The standard InChI is InChI=1S/C15H16N2O3/c1-3-10-6-5-7-12(8-10)17-9-11(4-2)14(18)13(16-17)15(19)20/h5-9H,3-4H2,1-2H3,(H,19,20). The molecule has 0 atom stereocenters. The molecule has 2 rings (SSSR count). The average molecular weight is 272 g/mol. The fourth-order valence-electron chi connectivity index (χ4n) is 1.98. The van der Waals surface area contributed by atoms with Gasteiger partial charge in [-0.2, -0.15) is 5.10 Å². The highest BCUT2D eigenvalue weighted by Crippen LogP contribution is 2.11. The van der Waals surface area contributed by atoms with Crippen LogP contribution in [0.5, 0.6) is 0 Å². The van der Waals surface area contributed by atoms with E-state index in [0.29, 0.717) is 12.0 Å². The molecule has 1 aromatic carbocycles. The van der Waals surface area contributed by atoms with E-state index in [1.54, 1.807) is 6.20 Å². The molecule has 1 N–H and O–H groups in total. The van der Waals surface area contributed by atoms with Crippen LogP contribution >= 0.6 is 0 Å². The molecule has 0 spiro atoms. The number of rotatable bonds is 4. The van der Waals surface area contributed by atoms with Gasteiger partial charge in [0.25, 0.3) is 0 Å². The van der Waals surface area contributed by atoms with E-state index in [4.69, 9.17) is 5.11 Å². The van der Waals surface area contributed by atoms with Crippen LogP contribution in [-0.2, 0) is 12.8 Å². The van der Waals surface area contributed by atoms with E-state index in [-0.39, 0.29) is 0 Å². The summed E-state index contributed by atoms with van der Waals surface area (Å²) in [6.45, 7) is 3.85. The van der Waals surface area contributed by atoms with E-state index in [0.717, 1.165) is 17.7 Å². The van der Waals surface area contributed by atoms with Crippen LogP contribution in [0.2, 0.25) is 0 Å². The molecule has 0 fully saturated rings. The van der Waals surface area contributed by atoms with Crippen molar-refractivity contribution in [2.75, 3.05) is 0 Å². The molecule has 0 radical (unpaired) electrons. The first-order chi connectivity index (χ1) is 9.56. The summed E-state index contributed by atoms with van der Waals surface area (Å²) in [5.74, 6) is -1.30. The minimum atomic E-state index is -1.30. The van der Waals surface area contributed by atoms with E-state index in [1.165, 1.54) is 4.68 Å². The number of nitrogens with zero attached hydrogens (tertiary/aromatic N) is 2. The van der Waals surface area contributed by atoms with Gasteiger partial charge in [0.2, 0.25) is 11.1 Å². The highest BCUT2D eigenvalue weighted by molar-refractivity contribution is 5.85. The fourth-order valence-corrected chi connectivity index (χ4v) is 1.98. The molecule has 0 amide bonds. The zero-order valence-corrected chi connectivity index (χ0v) is 11.5. The van der Waals surface area contributed by atoms with Crippen molar-refractivity contribution in [1.82, 2.24) is 9.78 Å². The molecule has 0 aliphatic heterocycles. The summed E-state index contributed by atoms with van der Waals surface area (Å²) in [6.07, 6.45) is 2.94. The van der Waals surface area contributed by atoms with Gasteiger partial charge >= 0.3 is 5.97 Å². The molecule has 1 aromatic heterocycles. The maximum absolute atomic E-state index is 11.9. The van der Waals surface area contributed by atoms with Gasteiger partial charge in [-0.1, -0.05) is 26.0 Å². The second-order valence-corrected chi connectivity index (χ2v) is 4.46. The maximum Gasteiger partial charge on any atom is 0.360 e. The first-order valence-electron chi connectivity index (χ1n) is 6.52. The summed E-state index contributed by atoms with van der Waals surface area (Å²) in [5.41, 5.74) is 1.37. The van der Waals surface area contributed by atoms with Gasteiger partial charge in [-0.25, -0.2) is 9.48 Å². The van der Waals surface area contributed by atoms with Crippen molar-refractivity contribution in [1.29, 1.82) is 0 Å². The fraction of sp³-hybridized carbons (Fsp3) is 0.267. The van der Waals surface area contributed by atoms with Gasteiger partial charge < -0.3 is 5.11 Å². The van der Waals surface area contributed by atoms with Crippen molar-refractivity contribution < 1.29 is 9.90 Å². The van der Waals surface area contributed by atoms with E-state index in [2.05, 4.69) is 5.10 Å². The first kappa shape index (κ1) is 14.0. The monoisotopic (exact) mass is 272 g/mol. The van der Waals surface area contributed by atoms with Crippen molar-refractivity contribution >= 4 is 5.97 Å². The van der Waals surface area contributed by atoms with Gasteiger partial charge in [-0.15, -0.1) is 0 Å². The van der Waals surface area contributed by atoms with Gasteiger partial charge in [-0.05, 0) is 30.5 Å². The zero-order valence-electron chi connectivity index (χ0n) is 11.5. The molecule has 20 heavy (non-hydrogen) atoms. The quantitative estimate of drug-likeness (QED) is 0.924. The molecular weight excluding hydrogens is 256 g/mol. The van der Waals surface area contributed by atoms with Crippen LogP contribution in [0.4, 0.5) is 0 Å². The van der Waals surface area contributed by atoms with Crippen molar-refractivity contribution in [3.05, 3.63) is 57.5 Å². The Kier molecular flexibility index (Phi) is 3.98. The lowest BCUT2D eigenvalue weighted by atomic mass is 10.1. The van der Waals surface area contributed by atoms with Gasteiger partial charge in [0.1, 0.15) is 0 Å². The Morgan fingerprint density at radius 2 is 2.05 bits per heavy atom. The molecule has 0 unspecified atom stereocenters. The molecule has 5 heteroatoms. The van der Waals surface area contributed by atoms with Gasteiger partial charge in [0.15, 0.2) is 0 Å². The summed E-state index contributed by atoms with van der Waals surface area (Å²) >= 11 is 0. The number of hydrogen-bond donors (Lipinski definition) is 1. The van der Waals surface area contributed by atoms with Crippen LogP contribution in [0.15, 0.2) is 35.3 Å². The van der Waals surface area contributed by atoms with Crippen LogP contribution in [0.3, 0.4) is 0 Å². The van der Waals surface area contributed by atoms with Crippen LogP contribution in [0.25, 0.3) is 5.69 Å². The SMILES string of the molecule is CCc1cccc(-n2cc(CC)c(=O)c(C(=O)O)n2)c1. The third-order valence-corrected chi connectivity index (χ3v) is 3.16. The Morgan fingerprint density at radius 1 is 1.30 bits per heavy atom. The minimum absolute atomic E-state index is 0.439. The largest absolute Gasteiger partial charge is 0.476 e. The second-order valence-electron chi connectivity index (χ2n) is 4.46. The summed E-state index contributed by atoms with van der Waals surface area (Å²) < 4.78 is 1.46. The second kappa shape index (κ2) is 5.69. The Labute approximate surface area is 116 Å². The predicted octanol–water partition coefficient (Wildman–Crippen LogP) is 2.06. The molecule has 104 valence electrons. The van der Waals surface area contributed by atoms with Crippen molar-refractivity contribution in [3.8, 4) is 5.69 Å². The summed E-state index contributed by atoms with van der Waals surface area (Å²) in [7, 11) is 0. The van der Waals surface area contributed by atoms with Crippen LogP contribution in [-0.4, -0.2) is 20.9 Å². The number of aromatic carboxylic acids is 1. The predicted molar refractivity (Wildman–Crippen MR) is 75.5 cm³/mol. The number of hydrogen-bond acceptors (Lipinski definition) is 3. The van der Waals surface area contributed by atoms with Crippen molar-refractivity contribution in [3.63, 3.8) is 0 Å². The van der Waals surface area contributed by atoms with Gasteiger partial charge in [0.05, 0.1) is 5.69 Å². The number of aryl methyl sites for hydroxylation is 2. The van der Waals surface area contributed by atoms with Crippen LogP contribution < -0.4 is 5.43 Å². The number of carboxylic acids is 1. The molecule has 0 aliphatic carbocycles. The first-order valence-corrected chi connectivity index (χ1v) is 6.52. The topological polar surface area (TPSA) is 72.2 Å². The Balaban J connectivity index is 2.64. The van der Waals surface area contributed by atoms with E-state index < -0.39 is 17.1 Å². The molecule has 0 aliphatic rings. The van der Waals surface area contributed by atoms with Crippen molar-refractivity contribution in [2.24, 2.45) is 0 Å². The smallest absolute Gasteiger partial charge is 0.360 e. The van der Waals surface area contributed by atoms with E-state index >= 15 is 0 Å². The van der Waals surface area contributed by atoms with E-state index in [1.807, 2.05) is 38.1 Å². The molecule has 0 saturated carbocycles. The summed E-state index contributed by atoms with van der Waals surface area (Å²) in [4.78, 5) is 23.0. The maximum atomic E-state index is 11.9. The lowest BCUT2D eigenvalue weighted by Gasteiger charge is -2.09. The molecule has 1 heterocycles. The lowest BCUT2D eigenvalue weighted by Crippen LogP contribution is -2.24. The van der Waals surface area contributed by atoms with Crippen molar-refractivity contribution in [2.45, 2.75) is 26.7 Å². The van der Waals surface area contributed by atoms with Crippen LogP contribution in [0, 0.1) is 0 Å². The molecule has 2 aromatic rings. The Morgan fingerprint density at radius 3 is 2.65 bits per heavy atom. The summed E-state index contributed by atoms with van der Waals surface area (Å²) in [6, 6.07) is 7.65. The Bertz CT molecular complexity index is 705. The summed E-state index contributed by atoms with van der Waals surface area (Å²) in [5, 5.41) is 13.0. The van der Waals surface area contributed by atoms with E-state index in [9.17, 15) is 9.59 Å². The third kappa shape index (κ3) is 2.61. The normalized spacial score (nSPS) is 10.5. The average Bonchev–Trinajstić information content (AvgIpc) is 2.47. The van der Waals surface area contributed by atoms with Gasteiger partial charge in [0, 0.05) is 11.8 Å². The molecule has 5 nitrogen and oxygen atoms in total. The molecule has 0 bridgehead atoms. The number of benzene rings is 1. The number of aromatic nitrogens is 2. The van der Waals surface area contributed by atoms with Gasteiger partial charge in [-0.3, -0.25) is 4.79 Å². The molecule has 0 saturated heterocycles. The Hall–Kier alpha value is -2.43. The highest BCUT2D eigenvalue weighted by atomic mass is 16.4. The number of carbonyl (C=O) groups is 1. The zero-order chi connectivity index (χ0) is 14.7. The number of carboxylic acid groups (broad SMARTS) is 1. The highest BCUT2D eigenvalue weighted by Gasteiger charge is 2.15. The van der Waals surface area contributed by atoms with Crippen LogP contribution in [0.1, 0.15) is 35.5 Å².